The monoisotopic (exact) mass is 313 g/mol. The van der Waals surface area contributed by atoms with Crippen LogP contribution in [0.4, 0.5) is 0 Å². The molecule has 4 heteroatoms. The van der Waals surface area contributed by atoms with Gasteiger partial charge in [-0.1, -0.05) is 24.6 Å². The van der Waals surface area contributed by atoms with E-state index in [1.54, 1.807) is 0 Å². The number of hydrogen-bond acceptors (Lipinski definition) is 2. The van der Waals surface area contributed by atoms with E-state index in [0.29, 0.717) is 5.91 Å². The molecular formula is C19H27N3O. The maximum Gasteiger partial charge on any atom is 0.239 e. The molecule has 1 atom stereocenters. The smallest absolute Gasteiger partial charge is 0.239 e. The number of rotatable bonds is 5. The van der Waals surface area contributed by atoms with Crippen molar-refractivity contribution < 1.29 is 4.79 Å². The Morgan fingerprint density at radius 3 is 2.83 bits per heavy atom. The summed E-state index contributed by atoms with van der Waals surface area (Å²) in [6, 6.07) is 8.43. The van der Waals surface area contributed by atoms with Crippen LogP contribution in [0.15, 0.2) is 30.5 Å². The van der Waals surface area contributed by atoms with Crippen molar-refractivity contribution in [2.45, 2.75) is 45.7 Å². The van der Waals surface area contributed by atoms with Crippen LogP contribution in [0.2, 0.25) is 0 Å². The van der Waals surface area contributed by atoms with Gasteiger partial charge in [-0.15, -0.1) is 0 Å². The highest BCUT2D eigenvalue weighted by molar-refractivity contribution is 5.84. The van der Waals surface area contributed by atoms with E-state index in [1.165, 1.54) is 22.9 Å². The standard InChI is InChI=1S/C19H27N3O/c1-3-21(4-2)19(23)18-11-7-8-12-22(18)14-15-13-20-17-10-6-5-9-16(15)17/h5-6,9-10,13,18,20H,3-4,7-8,11-12,14H2,1-2H3/t18-/m1/s1. The maximum atomic E-state index is 12.8. The Labute approximate surface area is 138 Å². The number of H-pyrrole nitrogens is 1. The molecule has 0 saturated carbocycles. The molecule has 1 saturated heterocycles. The van der Waals surface area contributed by atoms with Gasteiger partial charge in [0.15, 0.2) is 0 Å². The lowest BCUT2D eigenvalue weighted by Gasteiger charge is -2.37. The number of fused-ring (bicyclic) bond motifs is 1. The van der Waals surface area contributed by atoms with Gasteiger partial charge in [0.2, 0.25) is 5.91 Å². The van der Waals surface area contributed by atoms with Crippen LogP contribution in [-0.2, 0) is 11.3 Å². The molecule has 4 nitrogen and oxygen atoms in total. The molecule has 1 aliphatic rings. The van der Waals surface area contributed by atoms with Crippen molar-refractivity contribution in [1.82, 2.24) is 14.8 Å². The van der Waals surface area contributed by atoms with Crippen LogP contribution < -0.4 is 0 Å². The SMILES string of the molecule is CCN(CC)C(=O)[C@H]1CCCCN1Cc1c[nH]c2ccccc12. The molecule has 1 N–H and O–H groups in total. The first kappa shape index (κ1) is 16.1. The molecule has 124 valence electrons. The van der Waals surface area contributed by atoms with Crippen LogP contribution in [0.1, 0.15) is 38.7 Å². The van der Waals surface area contributed by atoms with Crippen molar-refractivity contribution in [3.63, 3.8) is 0 Å². The first-order valence-electron chi connectivity index (χ1n) is 8.82. The van der Waals surface area contributed by atoms with Gasteiger partial charge in [0.05, 0.1) is 6.04 Å². The number of piperidine rings is 1. The number of para-hydroxylation sites is 1. The number of nitrogens with zero attached hydrogens (tertiary/aromatic N) is 2. The van der Waals surface area contributed by atoms with Crippen LogP contribution in [0, 0.1) is 0 Å². The van der Waals surface area contributed by atoms with Gasteiger partial charge in [0, 0.05) is 36.7 Å². The molecule has 1 aromatic heterocycles. The number of carbonyl (C=O) groups excluding carboxylic acids is 1. The van der Waals surface area contributed by atoms with Crippen LogP contribution in [-0.4, -0.2) is 46.4 Å². The normalized spacial score (nSPS) is 19.1. The van der Waals surface area contributed by atoms with E-state index >= 15 is 0 Å². The Bertz CT molecular complexity index is 659. The summed E-state index contributed by atoms with van der Waals surface area (Å²) in [6.07, 6.45) is 5.42. The fourth-order valence-electron chi connectivity index (χ4n) is 3.69. The first-order valence-corrected chi connectivity index (χ1v) is 8.82. The number of hydrogen-bond donors (Lipinski definition) is 1. The minimum atomic E-state index is 0.0392. The molecule has 23 heavy (non-hydrogen) atoms. The zero-order valence-electron chi connectivity index (χ0n) is 14.2. The zero-order valence-corrected chi connectivity index (χ0v) is 14.2. The summed E-state index contributed by atoms with van der Waals surface area (Å²) in [5.74, 6) is 0.301. The van der Waals surface area contributed by atoms with Gasteiger partial charge in [-0.05, 0) is 44.9 Å². The Kier molecular flexibility index (Phi) is 5.01. The molecule has 0 spiro atoms. The topological polar surface area (TPSA) is 39.3 Å². The van der Waals surface area contributed by atoms with Gasteiger partial charge in [-0.25, -0.2) is 0 Å². The summed E-state index contributed by atoms with van der Waals surface area (Å²) in [4.78, 5) is 20.5. The summed E-state index contributed by atoms with van der Waals surface area (Å²) in [5, 5.41) is 1.27. The number of benzene rings is 1. The van der Waals surface area contributed by atoms with E-state index in [9.17, 15) is 4.79 Å². The quantitative estimate of drug-likeness (QED) is 0.919. The zero-order chi connectivity index (χ0) is 16.2. The Hall–Kier alpha value is -1.81. The number of likely N-dealkylation sites (N-methyl/N-ethyl adjacent to an activating group) is 1. The van der Waals surface area contributed by atoms with Crippen LogP contribution in [0.25, 0.3) is 10.9 Å². The van der Waals surface area contributed by atoms with Crippen molar-refractivity contribution in [2.24, 2.45) is 0 Å². The molecule has 1 amide bonds. The summed E-state index contributed by atoms with van der Waals surface area (Å²) in [6.45, 7) is 7.58. The van der Waals surface area contributed by atoms with Crippen LogP contribution in [0.3, 0.4) is 0 Å². The molecule has 1 fully saturated rings. The van der Waals surface area contributed by atoms with Crippen LogP contribution >= 0.6 is 0 Å². The molecular weight excluding hydrogens is 286 g/mol. The number of carbonyl (C=O) groups is 1. The van der Waals surface area contributed by atoms with E-state index in [4.69, 9.17) is 0 Å². The average Bonchev–Trinajstić information content (AvgIpc) is 2.99. The van der Waals surface area contributed by atoms with Gasteiger partial charge in [0.25, 0.3) is 0 Å². The van der Waals surface area contributed by atoms with Crippen molar-refractivity contribution in [2.75, 3.05) is 19.6 Å². The second-order valence-electron chi connectivity index (χ2n) is 6.35. The molecule has 2 aromatic rings. The lowest BCUT2D eigenvalue weighted by Crippen LogP contribution is -2.50. The number of amides is 1. The fraction of sp³-hybridized carbons (Fsp3) is 0.526. The van der Waals surface area contributed by atoms with Crippen LogP contribution in [0.5, 0.6) is 0 Å². The third kappa shape index (κ3) is 3.27. The molecule has 2 heterocycles. The highest BCUT2D eigenvalue weighted by Crippen LogP contribution is 2.25. The Morgan fingerprint density at radius 1 is 1.26 bits per heavy atom. The van der Waals surface area contributed by atoms with E-state index in [1.807, 2.05) is 4.90 Å². The lowest BCUT2D eigenvalue weighted by molar-refractivity contribution is -0.138. The predicted molar refractivity (Wildman–Crippen MR) is 94.3 cm³/mol. The molecule has 0 bridgehead atoms. The molecule has 1 aliphatic heterocycles. The number of aromatic nitrogens is 1. The molecule has 0 radical (unpaired) electrons. The van der Waals surface area contributed by atoms with Gasteiger partial charge >= 0.3 is 0 Å². The Morgan fingerprint density at radius 2 is 2.04 bits per heavy atom. The van der Waals surface area contributed by atoms with Gasteiger partial charge in [-0.2, -0.15) is 0 Å². The highest BCUT2D eigenvalue weighted by atomic mass is 16.2. The highest BCUT2D eigenvalue weighted by Gasteiger charge is 2.31. The van der Waals surface area contributed by atoms with E-state index in [2.05, 4.69) is 54.2 Å². The predicted octanol–water partition coefficient (Wildman–Crippen LogP) is 3.39. The Balaban J connectivity index is 1.80. The number of likely N-dealkylation sites (tertiary alicyclic amines) is 1. The summed E-state index contributed by atoms with van der Waals surface area (Å²) in [5.41, 5.74) is 2.46. The number of aromatic amines is 1. The molecule has 3 rings (SSSR count). The second-order valence-corrected chi connectivity index (χ2v) is 6.35. The van der Waals surface area contributed by atoms with E-state index in [-0.39, 0.29) is 6.04 Å². The number of nitrogens with one attached hydrogen (secondary N) is 1. The minimum absolute atomic E-state index is 0.0392. The summed E-state index contributed by atoms with van der Waals surface area (Å²) < 4.78 is 0. The first-order chi connectivity index (χ1) is 11.2. The largest absolute Gasteiger partial charge is 0.361 e. The van der Waals surface area contributed by atoms with Gasteiger partial charge < -0.3 is 9.88 Å². The second kappa shape index (κ2) is 7.18. The average molecular weight is 313 g/mol. The van der Waals surface area contributed by atoms with Gasteiger partial charge in [0.1, 0.15) is 0 Å². The van der Waals surface area contributed by atoms with E-state index < -0.39 is 0 Å². The summed E-state index contributed by atoms with van der Waals surface area (Å²) >= 11 is 0. The molecule has 1 aromatic carbocycles. The fourth-order valence-corrected chi connectivity index (χ4v) is 3.69. The molecule has 0 aliphatic carbocycles. The van der Waals surface area contributed by atoms with E-state index in [0.717, 1.165) is 39.0 Å². The van der Waals surface area contributed by atoms with Crippen molar-refractivity contribution in [1.29, 1.82) is 0 Å². The molecule has 0 unspecified atom stereocenters. The van der Waals surface area contributed by atoms with Gasteiger partial charge in [-0.3, -0.25) is 9.69 Å². The van der Waals surface area contributed by atoms with Crippen molar-refractivity contribution in [3.8, 4) is 0 Å². The summed E-state index contributed by atoms with van der Waals surface area (Å²) in [7, 11) is 0. The van der Waals surface area contributed by atoms with Crippen molar-refractivity contribution >= 4 is 16.8 Å². The maximum absolute atomic E-state index is 12.8. The third-order valence-corrected chi connectivity index (χ3v) is 5.02. The lowest BCUT2D eigenvalue weighted by atomic mass is 9.99. The van der Waals surface area contributed by atoms with Crippen molar-refractivity contribution in [3.05, 3.63) is 36.0 Å². The minimum Gasteiger partial charge on any atom is -0.361 e. The third-order valence-electron chi connectivity index (χ3n) is 5.02.